The van der Waals surface area contributed by atoms with Gasteiger partial charge in [-0.2, -0.15) is 0 Å². The molecule has 1 fully saturated rings. The van der Waals surface area contributed by atoms with Crippen LogP contribution in [0.2, 0.25) is 0 Å². The molecule has 1 aromatic carbocycles. The molecular formula is C14H18N4. The SMILES string of the molecule is NNC(CC1CCC1)c1ccc2nccnc2c1. The Balaban J connectivity index is 1.86. The molecule has 3 rings (SSSR count). The topological polar surface area (TPSA) is 63.8 Å². The predicted octanol–water partition coefficient (Wildman–Crippen LogP) is 2.32. The lowest BCUT2D eigenvalue weighted by atomic mass is 9.80. The van der Waals surface area contributed by atoms with E-state index in [1.54, 1.807) is 12.4 Å². The molecule has 3 N–H and O–H groups in total. The van der Waals surface area contributed by atoms with E-state index in [4.69, 9.17) is 5.84 Å². The standard InChI is InChI=1S/C14H18N4/c15-18-13(8-10-2-1-3-10)11-4-5-12-14(9-11)17-7-6-16-12/h4-7,9-10,13,18H,1-3,8,15H2. The van der Waals surface area contributed by atoms with Gasteiger partial charge in [-0.05, 0) is 30.0 Å². The van der Waals surface area contributed by atoms with Crippen LogP contribution >= 0.6 is 0 Å². The molecule has 18 heavy (non-hydrogen) atoms. The second-order valence-electron chi connectivity index (χ2n) is 5.06. The number of hydrogen-bond donors (Lipinski definition) is 2. The molecule has 1 heterocycles. The Labute approximate surface area is 107 Å². The summed E-state index contributed by atoms with van der Waals surface area (Å²) in [5.74, 6) is 6.51. The van der Waals surface area contributed by atoms with E-state index in [1.165, 1.54) is 24.8 Å². The molecule has 0 radical (unpaired) electrons. The summed E-state index contributed by atoms with van der Waals surface area (Å²) in [7, 11) is 0. The van der Waals surface area contributed by atoms with Crippen molar-refractivity contribution in [2.45, 2.75) is 31.7 Å². The van der Waals surface area contributed by atoms with E-state index in [0.29, 0.717) is 0 Å². The quantitative estimate of drug-likeness (QED) is 0.638. The highest BCUT2D eigenvalue weighted by Crippen LogP contribution is 2.34. The van der Waals surface area contributed by atoms with E-state index in [1.807, 2.05) is 6.07 Å². The molecule has 2 aromatic rings. The third kappa shape index (κ3) is 2.21. The minimum absolute atomic E-state index is 0.224. The molecule has 1 atom stereocenters. The van der Waals surface area contributed by atoms with Gasteiger partial charge in [0, 0.05) is 18.4 Å². The number of hydrogen-bond acceptors (Lipinski definition) is 4. The van der Waals surface area contributed by atoms with Crippen molar-refractivity contribution in [3.8, 4) is 0 Å². The van der Waals surface area contributed by atoms with Crippen LogP contribution in [0, 0.1) is 5.92 Å². The number of nitrogens with zero attached hydrogens (tertiary/aromatic N) is 2. The zero-order valence-corrected chi connectivity index (χ0v) is 10.3. The van der Waals surface area contributed by atoms with Crippen molar-refractivity contribution in [3.63, 3.8) is 0 Å². The molecule has 1 aliphatic rings. The normalized spacial score (nSPS) is 17.6. The first-order valence-electron chi connectivity index (χ1n) is 6.53. The van der Waals surface area contributed by atoms with Gasteiger partial charge in [0.25, 0.3) is 0 Å². The Bertz CT molecular complexity index is 536. The maximum absolute atomic E-state index is 5.69. The van der Waals surface area contributed by atoms with Gasteiger partial charge in [0.2, 0.25) is 0 Å². The van der Waals surface area contributed by atoms with Crippen molar-refractivity contribution >= 4 is 11.0 Å². The second-order valence-corrected chi connectivity index (χ2v) is 5.06. The highest BCUT2D eigenvalue weighted by molar-refractivity contribution is 5.74. The molecule has 94 valence electrons. The van der Waals surface area contributed by atoms with Crippen LogP contribution in [0.5, 0.6) is 0 Å². The molecule has 1 aromatic heterocycles. The fraction of sp³-hybridized carbons (Fsp3) is 0.429. The molecule has 1 aliphatic carbocycles. The van der Waals surface area contributed by atoms with Crippen molar-refractivity contribution in [2.75, 3.05) is 0 Å². The van der Waals surface area contributed by atoms with Gasteiger partial charge in [0.1, 0.15) is 0 Å². The molecule has 1 unspecified atom stereocenters. The van der Waals surface area contributed by atoms with E-state index in [0.717, 1.165) is 23.4 Å². The molecular weight excluding hydrogens is 224 g/mol. The van der Waals surface area contributed by atoms with Gasteiger partial charge in [-0.15, -0.1) is 0 Å². The number of nitrogens with two attached hydrogens (primary N) is 1. The zero-order chi connectivity index (χ0) is 12.4. The van der Waals surface area contributed by atoms with E-state index < -0.39 is 0 Å². The van der Waals surface area contributed by atoms with E-state index in [9.17, 15) is 0 Å². The number of fused-ring (bicyclic) bond motifs is 1. The van der Waals surface area contributed by atoms with Crippen LogP contribution in [0.4, 0.5) is 0 Å². The third-order valence-corrected chi connectivity index (χ3v) is 3.89. The Kier molecular flexibility index (Phi) is 3.21. The maximum Gasteiger partial charge on any atom is 0.0890 e. The van der Waals surface area contributed by atoms with E-state index in [2.05, 4.69) is 27.5 Å². The number of aromatic nitrogens is 2. The highest BCUT2D eigenvalue weighted by Gasteiger charge is 2.22. The summed E-state index contributed by atoms with van der Waals surface area (Å²) in [5, 5.41) is 0. The Morgan fingerprint density at radius 1 is 1.22 bits per heavy atom. The van der Waals surface area contributed by atoms with Crippen molar-refractivity contribution in [2.24, 2.45) is 11.8 Å². The first kappa shape index (κ1) is 11.6. The summed E-state index contributed by atoms with van der Waals surface area (Å²) in [5.41, 5.74) is 6.01. The Morgan fingerprint density at radius 3 is 2.67 bits per heavy atom. The first-order valence-corrected chi connectivity index (χ1v) is 6.53. The predicted molar refractivity (Wildman–Crippen MR) is 71.6 cm³/mol. The van der Waals surface area contributed by atoms with Crippen LogP contribution in [0.3, 0.4) is 0 Å². The van der Waals surface area contributed by atoms with Gasteiger partial charge in [0.05, 0.1) is 11.0 Å². The summed E-state index contributed by atoms with van der Waals surface area (Å²) in [6.45, 7) is 0. The fourth-order valence-electron chi connectivity index (χ4n) is 2.56. The summed E-state index contributed by atoms with van der Waals surface area (Å²) in [6, 6.07) is 6.43. The van der Waals surface area contributed by atoms with Crippen molar-refractivity contribution < 1.29 is 0 Å². The number of nitrogens with one attached hydrogen (secondary N) is 1. The molecule has 0 saturated heterocycles. The highest BCUT2D eigenvalue weighted by atomic mass is 15.2. The van der Waals surface area contributed by atoms with Crippen LogP contribution in [0.1, 0.15) is 37.3 Å². The fourth-order valence-corrected chi connectivity index (χ4v) is 2.56. The van der Waals surface area contributed by atoms with Crippen LogP contribution in [-0.4, -0.2) is 9.97 Å². The van der Waals surface area contributed by atoms with Gasteiger partial charge < -0.3 is 0 Å². The first-order chi connectivity index (χ1) is 8.86. The third-order valence-electron chi connectivity index (χ3n) is 3.89. The molecule has 4 heteroatoms. The van der Waals surface area contributed by atoms with Gasteiger partial charge >= 0.3 is 0 Å². The molecule has 0 bridgehead atoms. The lowest BCUT2D eigenvalue weighted by molar-refractivity contribution is 0.262. The van der Waals surface area contributed by atoms with Crippen LogP contribution in [0.25, 0.3) is 11.0 Å². The lowest BCUT2D eigenvalue weighted by Crippen LogP contribution is -2.31. The molecule has 0 amide bonds. The summed E-state index contributed by atoms with van der Waals surface area (Å²) >= 11 is 0. The maximum atomic E-state index is 5.69. The van der Waals surface area contributed by atoms with Crippen molar-refractivity contribution in [3.05, 3.63) is 36.2 Å². The van der Waals surface area contributed by atoms with Crippen molar-refractivity contribution in [1.29, 1.82) is 0 Å². The zero-order valence-electron chi connectivity index (χ0n) is 10.3. The molecule has 0 spiro atoms. The van der Waals surface area contributed by atoms with E-state index >= 15 is 0 Å². The van der Waals surface area contributed by atoms with Gasteiger partial charge in [-0.3, -0.25) is 21.2 Å². The molecule has 4 nitrogen and oxygen atoms in total. The summed E-state index contributed by atoms with van der Waals surface area (Å²) in [4.78, 5) is 8.62. The van der Waals surface area contributed by atoms with Crippen LogP contribution in [0.15, 0.2) is 30.6 Å². The average molecular weight is 242 g/mol. The summed E-state index contributed by atoms with van der Waals surface area (Å²) < 4.78 is 0. The number of benzene rings is 1. The smallest absolute Gasteiger partial charge is 0.0890 e. The molecule has 0 aliphatic heterocycles. The minimum atomic E-state index is 0.224. The minimum Gasteiger partial charge on any atom is -0.271 e. The number of rotatable bonds is 4. The Morgan fingerprint density at radius 2 is 2.00 bits per heavy atom. The van der Waals surface area contributed by atoms with Gasteiger partial charge in [-0.25, -0.2) is 0 Å². The lowest BCUT2D eigenvalue weighted by Gasteiger charge is -2.29. The Hall–Kier alpha value is -1.52. The van der Waals surface area contributed by atoms with Gasteiger partial charge in [0.15, 0.2) is 0 Å². The summed E-state index contributed by atoms with van der Waals surface area (Å²) in [6.07, 6.45) is 8.60. The van der Waals surface area contributed by atoms with Crippen molar-refractivity contribution in [1.82, 2.24) is 15.4 Å². The van der Waals surface area contributed by atoms with E-state index in [-0.39, 0.29) is 6.04 Å². The van der Waals surface area contributed by atoms with Crippen LogP contribution < -0.4 is 11.3 Å². The van der Waals surface area contributed by atoms with Crippen LogP contribution in [-0.2, 0) is 0 Å². The molecule has 1 saturated carbocycles. The van der Waals surface area contributed by atoms with Gasteiger partial charge in [-0.1, -0.05) is 25.3 Å². The monoisotopic (exact) mass is 242 g/mol. The second kappa shape index (κ2) is 5.00. The number of hydrazine groups is 1. The largest absolute Gasteiger partial charge is 0.271 e. The average Bonchev–Trinajstić information content (AvgIpc) is 2.37.